The number of nitro benzene ring substituents is 1. The Morgan fingerprint density at radius 2 is 2.16 bits per heavy atom. The Labute approximate surface area is 110 Å². The Hall–Kier alpha value is -2.15. The van der Waals surface area contributed by atoms with E-state index in [0.29, 0.717) is 5.69 Å². The van der Waals surface area contributed by atoms with Crippen molar-refractivity contribution in [3.63, 3.8) is 0 Å². The molecule has 1 aromatic carbocycles. The number of amides is 1. The van der Waals surface area contributed by atoms with Gasteiger partial charge in [-0.05, 0) is 32.0 Å². The van der Waals surface area contributed by atoms with Gasteiger partial charge in [-0.25, -0.2) is 4.79 Å². The molecule has 1 amide bonds. The molecule has 0 aliphatic carbocycles. The number of non-ortho nitro benzene ring substituents is 1. The summed E-state index contributed by atoms with van der Waals surface area (Å²) in [6, 6.07) is 5.75. The first-order valence-electron chi connectivity index (χ1n) is 6.08. The lowest BCUT2D eigenvalue weighted by atomic mass is 10.1. The molecule has 1 heterocycles. The minimum Gasteiger partial charge on any atom is -0.446 e. The van der Waals surface area contributed by atoms with Crippen molar-refractivity contribution in [2.75, 3.05) is 18.4 Å². The lowest BCUT2D eigenvalue weighted by Crippen LogP contribution is -2.34. The number of ether oxygens (including phenoxy) is 1. The molecule has 2 rings (SSSR count). The molecule has 7 heteroatoms. The van der Waals surface area contributed by atoms with E-state index in [-0.39, 0.29) is 11.8 Å². The zero-order chi connectivity index (χ0) is 13.7. The molecule has 0 aromatic heterocycles. The van der Waals surface area contributed by atoms with Crippen molar-refractivity contribution >= 4 is 17.5 Å². The molecule has 0 atom stereocenters. The van der Waals surface area contributed by atoms with Gasteiger partial charge >= 0.3 is 6.09 Å². The van der Waals surface area contributed by atoms with E-state index in [9.17, 15) is 14.9 Å². The standard InChI is InChI=1S/C12H15N3O4/c16-12(19-11-4-6-13-7-5-11)14-9-2-1-3-10(8-9)15(17)18/h1-3,8,11,13H,4-7H2,(H,14,16). The van der Waals surface area contributed by atoms with Gasteiger partial charge in [0.2, 0.25) is 0 Å². The summed E-state index contributed by atoms with van der Waals surface area (Å²) in [6.07, 6.45) is 0.886. The highest BCUT2D eigenvalue weighted by molar-refractivity contribution is 5.85. The van der Waals surface area contributed by atoms with Crippen LogP contribution in [0.5, 0.6) is 0 Å². The summed E-state index contributed by atoms with van der Waals surface area (Å²) in [4.78, 5) is 21.7. The lowest BCUT2D eigenvalue weighted by Gasteiger charge is -2.22. The number of benzene rings is 1. The number of carbonyl (C=O) groups is 1. The van der Waals surface area contributed by atoms with Gasteiger partial charge in [-0.2, -0.15) is 0 Å². The van der Waals surface area contributed by atoms with Crippen LogP contribution in [0.25, 0.3) is 0 Å². The molecule has 1 aliphatic heterocycles. The molecule has 102 valence electrons. The molecule has 0 saturated carbocycles. The molecule has 2 N–H and O–H groups in total. The maximum absolute atomic E-state index is 11.6. The smallest absolute Gasteiger partial charge is 0.411 e. The zero-order valence-electron chi connectivity index (χ0n) is 10.3. The van der Waals surface area contributed by atoms with Crippen LogP contribution in [0.2, 0.25) is 0 Å². The van der Waals surface area contributed by atoms with Crippen LogP contribution in [-0.2, 0) is 4.74 Å². The monoisotopic (exact) mass is 265 g/mol. The molecule has 1 aliphatic rings. The molecule has 0 unspecified atom stereocenters. The lowest BCUT2D eigenvalue weighted by molar-refractivity contribution is -0.384. The predicted molar refractivity (Wildman–Crippen MR) is 69.1 cm³/mol. The molecule has 1 fully saturated rings. The van der Waals surface area contributed by atoms with Crippen molar-refractivity contribution in [1.82, 2.24) is 5.32 Å². The summed E-state index contributed by atoms with van der Waals surface area (Å²) in [5.74, 6) is 0. The third-order valence-corrected chi connectivity index (χ3v) is 2.86. The first kappa shape index (κ1) is 13.3. The van der Waals surface area contributed by atoms with Gasteiger partial charge in [0.1, 0.15) is 6.10 Å². The van der Waals surface area contributed by atoms with E-state index < -0.39 is 11.0 Å². The van der Waals surface area contributed by atoms with Crippen LogP contribution in [-0.4, -0.2) is 30.2 Å². The third kappa shape index (κ3) is 3.92. The molecule has 0 bridgehead atoms. The summed E-state index contributed by atoms with van der Waals surface area (Å²) < 4.78 is 5.24. The van der Waals surface area contributed by atoms with Gasteiger partial charge in [0, 0.05) is 12.1 Å². The third-order valence-electron chi connectivity index (χ3n) is 2.86. The fourth-order valence-corrected chi connectivity index (χ4v) is 1.91. The molecule has 1 aromatic rings. The van der Waals surface area contributed by atoms with Crippen molar-refractivity contribution in [2.24, 2.45) is 0 Å². The van der Waals surface area contributed by atoms with Gasteiger partial charge in [-0.3, -0.25) is 15.4 Å². The molecule has 1 saturated heterocycles. The zero-order valence-corrected chi connectivity index (χ0v) is 10.3. The highest BCUT2D eigenvalue weighted by Gasteiger charge is 2.17. The summed E-state index contributed by atoms with van der Waals surface area (Å²) in [6.45, 7) is 1.66. The van der Waals surface area contributed by atoms with Gasteiger partial charge in [-0.15, -0.1) is 0 Å². The van der Waals surface area contributed by atoms with Crippen LogP contribution in [0.15, 0.2) is 24.3 Å². The predicted octanol–water partition coefficient (Wildman–Crippen LogP) is 1.90. The van der Waals surface area contributed by atoms with Crippen molar-refractivity contribution in [1.29, 1.82) is 0 Å². The summed E-state index contributed by atoms with van der Waals surface area (Å²) in [7, 11) is 0. The minimum atomic E-state index is -0.576. The second kappa shape index (κ2) is 6.14. The van der Waals surface area contributed by atoms with Gasteiger partial charge < -0.3 is 10.1 Å². The van der Waals surface area contributed by atoms with Crippen LogP contribution in [0, 0.1) is 10.1 Å². The van der Waals surface area contributed by atoms with Crippen LogP contribution >= 0.6 is 0 Å². The van der Waals surface area contributed by atoms with E-state index in [1.54, 1.807) is 6.07 Å². The van der Waals surface area contributed by atoms with Crippen LogP contribution < -0.4 is 10.6 Å². The maximum Gasteiger partial charge on any atom is 0.411 e. The van der Waals surface area contributed by atoms with Crippen molar-refractivity contribution in [2.45, 2.75) is 18.9 Å². The number of rotatable bonds is 3. The van der Waals surface area contributed by atoms with Gasteiger partial charge in [0.15, 0.2) is 0 Å². The van der Waals surface area contributed by atoms with E-state index in [0.717, 1.165) is 25.9 Å². The van der Waals surface area contributed by atoms with Crippen molar-refractivity contribution in [3.05, 3.63) is 34.4 Å². The number of nitrogens with zero attached hydrogens (tertiary/aromatic N) is 1. The highest BCUT2D eigenvalue weighted by Crippen LogP contribution is 2.17. The summed E-state index contributed by atoms with van der Waals surface area (Å²) in [5, 5.41) is 16.3. The van der Waals surface area contributed by atoms with Gasteiger partial charge in [0.25, 0.3) is 5.69 Å². The van der Waals surface area contributed by atoms with E-state index in [1.807, 2.05) is 0 Å². The van der Waals surface area contributed by atoms with Crippen molar-refractivity contribution in [3.8, 4) is 0 Å². The van der Waals surface area contributed by atoms with Gasteiger partial charge in [0.05, 0.1) is 10.6 Å². The van der Waals surface area contributed by atoms with E-state index >= 15 is 0 Å². The molecule has 7 nitrogen and oxygen atoms in total. The minimum absolute atomic E-state index is 0.0698. The van der Waals surface area contributed by atoms with Crippen molar-refractivity contribution < 1.29 is 14.5 Å². The number of nitrogens with one attached hydrogen (secondary N) is 2. The Bertz CT molecular complexity index is 472. The SMILES string of the molecule is O=C(Nc1cccc([N+](=O)[O-])c1)OC1CCNCC1. The molecule has 0 radical (unpaired) electrons. The number of nitro groups is 1. The number of hydrogen-bond donors (Lipinski definition) is 2. The first-order chi connectivity index (χ1) is 9.15. The van der Waals surface area contributed by atoms with Gasteiger partial charge in [-0.1, -0.05) is 6.07 Å². The second-order valence-electron chi connectivity index (χ2n) is 4.29. The van der Waals surface area contributed by atoms with E-state index in [2.05, 4.69) is 10.6 Å². The number of carbonyl (C=O) groups excluding carboxylic acids is 1. The molecular formula is C12H15N3O4. The Balaban J connectivity index is 1.90. The van der Waals surface area contributed by atoms with E-state index in [1.165, 1.54) is 18.2 Å². The number of piperidine rings is 1. The Morgan fingerprint density at radius 1 is 1.42 bits per heavy atom. The average molecular weight is 265 g/mol. The van der Waals surface area contributed by atoms with Crippen LogP contribution in [0.1, 0.15) is 12.8 Å². The Morgan fingerprint density at radius 3 is 2.84 bits per heavy atom. The topological polar surface area (TPSA) is 93.5 Å². The fourth-order valence-electron chi connectivity index (χ4n) is 1.91. The fraction of sp³-hybridized carbons (Fsp3) is 0.417. The summed E-state index contributed by atoms with van der Waals surface area (Å²) in [5.41, 5.74) is 0.285. The van der Waals surface area contributed by atoms with Crippen LogP contribution in [0.3, 0.4) is 0 Å². The van der Waals surface area contributed by atoms with E-state index in [4.69, 9.17) is 4.74 Å². The molecular weight excluding hydrogens is 250 g/mol. The highest BCUT2D eigenvalue weighted by atomic mass is 16.6. The number of hydrogen-bond acceptors (Lipinski definition) is 5. The molecule has 19 heavy (non-hydrogen) atoms. The normalized spacial score (nSPS) is 15.8. The first-order valence-corrected chi connectivity index (χ1v) is 6.08. The molecule has 0 spiro atoms. The average Bonchev–Trinajstić information content (AvgIpc) is 2.40. The second-order valence-corrected chi connectivity index (χ2v) is 4.29. The quantitative estimate of drug-likeness (QED) is 0.643. The van der Waals surface area contributed by atoms with Crippen LogP contribution in [0.4, 0.5) is 16.2 Å². The maximum atomic E-state index is 11.6. The Kier molecular flexibility index (Phi) is 4.30. The number of anilines is 1. The largest absolute Gasteiger partial charge is 0.446 e. The summed E-state index contributed by atoms with van der Waals surface area (Å²) >= 11 is 0.